The van der Waals surface area contributed by atoms with Gasteiger partial charge in [-0.2, -0.15) is 0 Å². The van der Waals surface area contributed by atoms with Gasteiger partial charge in [-0.15, -0.1) is 0 Å². The largest absolute Gasteiger partial charge is 0.348 e. The number of Topliss-reactive ketones (excluding diaryl/α,β-unsaturated/α-hetero) is 1. The fraction of sp³-hybridized carbons (Fsp3) is 0.643. The van der Waals surface area contributed by atoms with Crippen LogP contribution in [-0.4, -0.2) is 35.4 Å². The minimum absolute atomic E-state index is 0.174. The molecule has 0 amide bonds. The number of likely N-dealkylation sites (tertiary alicyclic amines) is 1. The first kappa shape index (κ1) is 12.4. The third-order valence-corrected chi connectivity index (χ3v) is 3.88. The summed E-state index contributed by atoms with van der Waals surface area (Å²) in [5.41, 5.74) is 3.22. The number of carbonyl (C=O) groups is 1. The molecule has 2 rings (SSSR count). The molecule has 0 saturated carbocycles. The Hall–Kier alpha value is -1.09. The molecule has 1 aliphatic rings. The summed E-state index contributed by atoms with van der Waals surface area (Å²) >= 11 is 0. The van der Waals surface area contributed by atoms with Gasteiger partial charge in [0.25, 0.3) is 0 Å². The molecule has 1 aliphatic heterocycles. The van der Waals surface area contributed by atoms with Crippen molar-refractivity contribution in [3.05, 3.63) is 23.0 Å². The quantitative estimate of drug-likeness (QED) is 0.750. The zero-order valence-electron chi connectivity index (χ0n) is 11.3. The first-order valence-electron chi connectivity index (χ1n) is 6.35. The van der Waals surface area contributed by atoms with Crippen LogP contribution in [-0.2, 0) is 6.54 Å². The van der Waals surface area contributed by atoms with E-state index in [1.54, 1.807) is 6.92 Å². The summed E-state index contributed by atoms with van der Waals surface area (Å²) < 4.78 is 2.31. The monoisotopic (exact) mass is 234 g/mol. The number of nitrogens with zero attached hydrogens (tertiary/aromatic N) is 2. The van der Waals surface area contributed by atoms with Gasteiger partial charge in [-0.3, -0.25) is 4.79 Å². The molecule has 1 saturated heterocycles. The van der Waals surface area contributed by atoms with Crippen LogP contribution < -0.4 is 0 Å². The van der Waals surface area contributed by atoms with Crippen LogP contribution in [0.3, 0.4) is 0 Å². The van der Waals surface area contributed by atoms with Crippen LogP contribution in [0.15, 0.2) is 6.07 Å². The number of aromatic nitrogens is 1. The first-order valence-corrected chi connectivity index (χ1v) is 6.35. The van der Waals surface area contributed by atoms with E-state index in [2.05, 4.69) is 30.4 Å². The molecule has 1 unspecified atom stereocenters. The fourth-order valence-corrected chi connectivity index (χ4v) is 2.87. The molecule has 0 bridgehead atoms. The number of aryl methyl sites for hydroxylation is 1. The van der Waals surface area contributed by atoms with Gasteiger partial charge in [-0.1, -0.05) is 0 Å². The molecule has 3 heteroatoms. The van der Waals surface area contributed by atoms with Crippen molar-refractivity contribution in [3.63, 3.8) is 0 Å². The number of hydrogen-bond donors (Lipinski definition) is 0. The van der Waals surface area contributed by atoms with Crippen LogP contribution in [0.5, 0.6) is 0 Å². The third kappa shape index (κ3) is 2.44. The van der Waals surface area contributed by atoms with E-state index in [1.807, 2.05) is 6.07 Å². The van der Waals surface area contributed by atoms with Crippen molar-refractivity contribution in [2.24, 2.45) is 5.92 Å². The molecule has 1 aromatic heterocycles. The maximum Gasteiger partial charge on any atom is 0.161 e. The molecule has 1 aromatic rings. The summed E-state index contributed by atoms with van der Waals surface area (Å²) in [5.74, 6) is 0.900. The standard InChI is InChI=1S/C14H22N2O/c1-10-7-14(12(3)17)11(2)16(10)9-13-5-6-15(4)8-13/h7,13H,5-6,8-9H2,1-4H3. The summed E-state index contributed by atoms with van der Waals surface area (Å²) in [6.45, 7) is 9.22. The lowest BCUT2D eigenvalue weighted by Gasteiger charge is -2.15. The van der Waals surface area contributed by atoms with Gasteiger partial charge in [0.1, 0.15) is 0 Å². The Morgan fingerprint density at radius 2 is 2.18 bits per heavy atom. The molecule has 2 heterocycles. The van der Waals surface area contributed by atoms with Gasteiger partial charge in [-0.25, -0.2) is 0 Å². The fourth-order valence-electron chi connectivity index (χ4n) is 2.87. The second kappa shape index (κ2) is 4.65. The Morgan fingerprint density at radius 1 is 1.47 bits per heavy atom. The van der Waals surface area contributed by atoms with Crippen molar-refractivity contribution in [2.75, 3.05) is 20.1 Å². The van der Waals surface area contributed by atoms with Gasteiger partial charge in [0.15, 0.2) is 5.78 Å². The maximum atomic E-state index is 11.5. The molecule has 1 atom stereocenters. The molecule has 1 fully saturated rings. The van der Waals surface area contributed by atoms with E-state index in [4.69, 9.17) is 0 Å². The molecule has 0 spiro atoms. The van der Waals surface area contributed by atoms with Crippen molar-refractivity contribution in [3.8, 4) is 0 Å². The molecule has 3 nitrogen and oxygen atoms in total. The van der Waals surface area contributed by atoms with Gasteiger partial charge in [-0.05, 0) is 52.8 Å². The molecule has 17 heavy (non-hydrogen) atoms. The van der Waals surface area contributed by atoms with E-state index in [-0.39, 0.29) is 5.78 Å². The second-order valence-electron chi connectivity index (χ2n) is 5.37. The molecular formula is C14H22N2O. The lowest BCUT2D eigenvalue weighted by atomic mass is 10.1. The van der Waals surface area contributed by atoms with Crippen molar-refractivity contribution in [2.45, 2.75) is 33.7 Å². The zero-order valence-corrected chi connectivity index (χ0v) is 11.3. The Morgan fingerprint density at radius 3 is 2.65 bits per heavy atom. The van der Waals surface area contributed by atoms with Gasteiger partial charge in [0.2, 0.25) is 0 Å². The predicted octanol–water partition coefficient (Wildman–Crippen LogP) is 2.26. The summed E-state index contributed by atoms with van der Waals surface area (Å²) in [6.07, 6.45) is 1.27. The van der Waals surface area contributed by atoms with Crippen LogP contribution in [0.4, 0.5) is 0 Å². The summed E-state index contributed by atoms with van der Waals surface area (Å²) in [4.78, 5) is 13.9. The predicted molar refractivity (Wildman–Crippen MR) is 69.5 cm³/mol. The third-order valence-electron chi connectivity index (χ3n) is 3.88. The number of hydrogen-bond acceptors (Lipinski definition) is 2. The highest BCUT2D eigenvalue weighted by Crippen LogP contribution is 2.21. The number of ketones is 1. The topological polar surface area (TPSA) is 25.2 Å². The SMILES string of the molecule is CC(=O)c1cc(C)n(CC2CCN(C)C2)c1C. The minimum Gasteiger partial charge on any atom is -0.348 e. The molecule has 0 aliphatic carbocycles. The van der Waals surface area contributed by atoms with Crippen LogP contribution in [0.2, 0.25) is 0 Å². The number of carbonyl (C=O) groups excluding carboxylic acids is 1. The molecule has 94 valence electrons. The smallest absolute Gasteiger partial charge is 0.161 e. The summed E-state index contributed by atoms with van der Waals surface area (Å²) in [6, 6.07) is 2.02. The maximum absolute atomic E-state index is 11.5. The van der Waals surface area contributed by atoms with Crippen molar-refractivity contribution in [1.29, 1.82) is 0 Å². The van der Waals surface area contributed by atoms with Gasteiger partial charge < -0.3 is 9.47 Å². The zero-order chi connectivity index (χ0) is 12.6. The highest BCUT2D eigenvalue weighted by Gasteiger charge is 2.22. The Labute approximate surface area is 103 Å². The first-order chi connectivity index (χ1) is 7.99. The molecule has 0 N–H and O–H groups in total. The van der Waals surface area contributed by atoms with Crippen LogP contribution >= 0.6 is 0 Å². The highest BCUT2D eigenvalue weighted by molar-refractivity contribution is 5.95. The highest BCUT2D eigenvalue weighted by atomic mass is 16.1. The van der Waals surface area contributed by atoms with E-state index in [9.17, 15) is 4.79 Å². The Kier molecular flexibility index (Phi) is 3.38. The lowest BCUT2D eigenvalue weighted by Crippen LogP contribution is -2.18. The molecule has 0 radical (unpaired) electrons. The normalized spacial score (nSPS) is 21.1. The van der Waals surface area contributed by atoms with Crippen molar-refractivity contribution < 1.29 is 4.79 Å². The molecule has 0 aromatic carbocycles. The average Bonchev–Trinajstić information content (AvgIpc) is 2.77. The van der Waals surface area contributed by atoms with Crippen LogP contribution in [0, 0.1) is 19.8 Å². The van der Waals surface area contributed by atoms with Crippen molar-refractivity contribution in [1.82, 2.24) is 9.47 Å². The second-order valence-corrected chi connectivity index (χ2v) is 5.37. The number of rotatable bonds is 3. The van der Waals surface area contributed by atoms with Gasteiger partial charge >= 0.3 is 0 Å². The van der Waals surface area contributed by atoms with Crippen LogP contribution in [0.1, 0.15) is 35.1 Å². The summed E-state index contributed by atoms with van der Waals surface area (Å²) in [5, 5.41) is 0. The van der Waals surface area contributed by atoms with Crippen molar-refractivity contribution >= 4 is 5.78 Å². The molecular weight excluding hydrogens is 212 g/mol. The van der Waals surface area contributed by atoms with E-state index < -0.39 is 0 Å². The van der Waals surface area contributed by atoms with Gasteiger partial charge in [0, 0.05) is 30.0 Å². The van der Waals surface area contributed by atoms with E-state index >= 15 is 0 Å². The summed E-state index contributed by atoms with van der Waals surface area (Å²) in [7, 11) is 2.18. The van der Waals surface area contributed by atoms with Crippen LogP contribution in [0.25, 0.3) is 0 Å². The lowest BCUT2D eigenvalue weighted by molar-refractivity contribution is 0.101. The van der Waals surface area contributed by atoms with E-state index in [0.29, 0.717) is 0 Å². The Bertz CT molecular complexity index is 434. The Balaban J connectivity index is 2.18. The van der Waals surface area contributed by atoms with Gasteiger partial charge in [0.05, 0.1) is 0 Å². The average molecular weight is 234 g/mol. The van der Waals surface area contributed by atoms with E-state index in [0.717, 1.165) is 23.7 Å². The minimum atomic E-state index is 0.174. The van der Waals surface area contributed by atoms with E-state index in [1.165, 1.54) is 25.2 Å².